The maximum atomic E-state index is 13.6. The molecule has 1 aliphatic heterocycles. The van der Waals surface area contributed by atoms with Gasteiger partial charge in [-0.15, -0.1) is 0 Å². The molecule has 0 saturated carbocycles. The molecule has 6 heteroatoms. The lowest BCUT2D eigenvalue weighted by atomic mass is 9.82. The van der Waals surface area contributed by atoms with Crippen LogP contribution in [0.3, 0.4) is 0 Å². The third-order valence-corrected chi connectivity index (χ3v) is 6.17. The number of para-hydroxylation sites is 1. The number of nitrogens with one attached hydrogen (secondary N) is 2. The quantitative estimate of drug-likeness (QED) is 0.516. The fourth-order valence-corrected chi connectivity index (χ4v) is 4.68. The molecule has 1 unspecified atom stereocenters. The number of anilines is 1. The van der Waals surface area contributed by atoms with Gasteiger partial charge in [0.2, 0.25) is 0 Å². The highest BCUT2D eigenvalue weighted by Crippen LogP contribution is 2.48. The van der Waals surface area contributed by atoms with Crippen molar-refractivity contribution < 1.29 is 9.53 Å². The molecule has 2 aliphatic rings. The van der Waals surface area contributed by atoms with Gasteiger partial charge in [0, 0.05) is 22.6 Å². The molecule has 6 rings (SSSR count). The first-order valence-electron chi connectivity index (χ1n) is 10.4. The molecule has 2 heterocycles. The smallest absolute Gasteiger partial charge is 0.277 e. The Bertz CT molecular complexity index is 1460. The van der Waals surface area contributed by atoms with Gasteiger partial charge in [0.15, 0.2) is 5.78 Å². The standard InChI is InChI=1S/C26H19N3O3/c1-32-17-13-11-15(12-14-17)20-21-23(18-9-5-6-10-19(18)24(21)30)27-25-22(20)26(31)29(28-25)16-7-3-2-4-8-16/h2-14,20,27-28H,1H3. The van der Waals surface area contributed by atoms with Crippen molar-refractivity contribution in [1.29, 1.82) is 0 Å². The molecule has 0 bridgehead atoms. The molecule has 0 fully saturated rings. The Kier molecular flexibility index (Phi) is 3.95. The Morgan fingerprint density at radius 2 is 1.53 bits per heavy atom. The molecule has 1 aliphatic carbocycles. The molecule has 1 aromatic heterocycles. The molecular weight excluding hydrogens is 402 g/mol. The van der Waals surface area contributed by atoms with Crippen molar-refractivity contribution in [1.82, 2.24) is 9.78 Å². The molecule has 32 heavy (non-hydrogen) atoms. The van der Waals surface area contributed by atoms with E-state index in [1.165, 1.54) is 4.68 Å². The number of Topliss-reactive ketones (excluding diaryl/α,β-unsaturated/α-hetero) is 1. The summed E-state index contributed by atoms with van der Waals surface area (Å²) in [6, 6.07) is 24.5. The second-order valence-electron chi connectivity index (χ2n) is 7.87. The van der Waals surface area contributed by atoms with Gasteiger partial charge in [-0.05, 0) is 29.8 Å². The zero-order chi connectivity index (χ0) is 21.8. The Morgan fingerprint density at radius 3 is 2.25 bits per heavy atom. The van der Waals surface area contributed by atoms with Gasteiger partial charge >= 0.3 is 0 Å². The minimum atomic E-state index is -0.499. The lowest BCUT2D eigenvalue weighted by Gasteiger charge is -2.25. The van der Waals surface area contributed by atoms with Gasteiger partial charge in [-0.1, -0.05) is 54.6 Å². The molecule has 0 amide bonds. The molecule has 156 valence electrons. The number of aromatic nitrogens is 2. The average Bonchev–Trinajstić information content (AvgIpc) is 3.33. The Balaban J connectivity index is 1.60. The van der Waals surface area contributed by atoms with Crippen LogP contribution in [0.15, 0.2) is 89.2 Å². The minimum absolute atomic E-state index is 0.0542. The first-order chi connectivity index (χ1) is 15.7. The van der Waals surface area contributed by atoms with E-state index in [-0.39, 0.29) is 11.3 Å². The SMILES string of the molecule is COc1ccc(C2C3=C(Nc4[nH]n(-c5ccccc5)c(=O)c42)c2ccccc2C3=O)cc1. The second kappa shape index (κ2) is 6.85. The highest BCUT2D eigenvalue weighted by atomic mass is 16.5. The predicted octanol–water partition coefficient (Wildman–Crippen LogP) is 4.34. The topological polar surface area (TPSA) is 76.1 Å². The van der Waals surface area contributed by atoms with Crippen LogP contribution in [0.2, 0.25) is 0 Å². The summed E-state index contributed by atoms with van der Waals surface area (Å²) in [5.41, 5.74) is 4.78. The van der Waals surface area contributed by atoms with Crippen LogP contribution >= 0.6 is 0 Å². The number of hydrogen-bond acceptors (Lipinski definition) is 4. The monoisotopic (exact) mass is 421 g/mol. The number of fused-ring (bicyclic) bond motifs is 3. The van der Waals surface area contributed by atoms with Crippen LogP contribution < -0.4 is 15.6 Å². The number of H-pyrrole nitrogens is 1. The summed E-state index contributed by atoms with van der Waals surface area (Å²) in [7, 11) is 1.61. The second-order valence-corrected chi connectivity index (χ2v) is 7.87. The number of methoxy groups -OCH3 is 1. The summed E-state index contributed by atoms with van der Waals surface area (Å²) in [6.07, 6.45) is 0. The number of rotatable bonds is 3. The first kappa shape index (κ1) is 18.4. The first-order valence-corrected chi connectivity index (χ1v) is 10.4. The number of benzene rings is 3. The number of carbonyl (C=O) groups excluding carboxylic acids is 1. The summed E-state index contributed by atoms with van der Waals surface area (Å²) in [4.78, 5) is 27.1. The molecule has 2 N–H and O–H groups in total. The molecule has 3 aromatic carbocycles. The van der Waals surface area contributed by atoms with Crippen molar-refractivity contribution in [3.05, 3.63) is 117 Å². The maximum absolute atomic E-state index is 13.6. The number of ether oxygens (including phenoxy) is 1. The van der Waals surface area contributed by atoms with Crippen LogP contribution in [0, 0.1) is 0 Å². The average molecular weight is 421 g/mol. The van der Waals surface area contributed by atoms with Crippen molar-refractivity contribution in [2.75, 3.05) is 12.4 Å². The van der Waals surface area contributed by atoms with E-state index in [0.29, 0.717) is 28.3 Å². The lowest BCUT2D eigenvalue weighted by Crippen LogP contribution is -2.25. The van der Waals surface area contributed by atoms with Gasteiger partial charge in [0.05, 0.1) is 24.1 Å². The normalized spacial score (nSPS) is 16.3. The van der Waals surface area contributed by atoms with Crippen molar-refractivity contribution >= 4 is 17.3 Å². The summed E-state index contributed by atoms with van der Waals surface area (Å²) >= 11 is 0. The highest BCUT2D eigenvalue weighted by Gasteiger charge is 2.42. The molecule has 4 aromatic rings. The van der Waals surface area contributed by atoms with E-state index < -0.39 is 5.92 Å². The molecule has 0 spiro atoms. The molecule has 1 atom stereocenters. The third kappa shape index (κ3) is 2.53. The van der Waals surface area contributed by atoms with Gasteiger partial charge in [-0.25, -0.2) is 4.68 Å². The van der Waals surface area contributed by atoms with Crippen LogP contribution in [0.4, 0.5) is 5.82 Å². The van der Waals surface area contributed by atoms with Crippen LogP contribution in [0.1, 0.15) is 33.0 Å². The Morgan fingerprint density at radius 1 is 0.844 bits per heavy atom. The van der Waals surface area contributed by atoms with Gasteiger partial charge < -0.3 is 10.1 Å². The number of carbonyl (C=O) groups is 1. The fraction of sp³-hybridized carbons (Fsp3) is 0.0769. The van der Waals surface area contributed by atoms with Crippen molar-refractivity contribution in [3.8, 4) is 11.4 Å². The zero-order valence-corrected chi connectivity index (χ0v) is 17.3. The minimum Gasteiger partial charge on any atom is -0.497 e. The van der Waals surface area contributed by atoms with E-state index in [2.05, 4.69) is 10.4 Å². The van der Waals surface area contributed by atoms with E-state index in [1.807, 2.05) is 78.9 Å². The van der Waals surface area contributed by atoms with Crippen LogP contribution in [-0.2, 0) is 0 Å². The van der Waals surface area contributed by atoms with Crippen LogP contribution in [0.25, 0.3) is 11.4 Å². The Hall–Kier alpha value is -4.32. The zero-order valence-electron chi connectivity index (χ0n) is 17.3. The summed E-state index contributed by atoms with van der Waals surface area (Å²) in [5, 5.41) is 6.58. The van der Waals surface area contributed by atoms with E-state index in [9.17, 15) is 9.59 Å². The van der Waals surface area contributed by atoms with Crippen LogP contribution in [0.5, 0.6) is 5.75 Å². The van der Waals surface area contributed by atoms with Crippen molar-refractivity contribution in [3.63, 3.8) is 0 Å². The van der Waals surface area contributed by atoms with Crippen molar-refractivity contribution in [2.24, 2.45) is 0 Å². The van der Waals surface area contributed by atoms with E-state index >= 15 is 0 Å². The third-order valence-electron chi connectivity index (χ3n) is 6.17. The maximum Gasteiger partial charge on any atom is 0.277 e. The predicted molar refractivity (Wildman–Crippen MR) is 123 cm³/mol. The molecule has 6 nitrogen and oxygen atoms in total. The summed E-state index contributed by atoms with van der Waals surface area (Å²) in [6.45, 7) is 0. The van der Waals surface area contributed by atoms with Gasteiger partial charge in [0.1, 0.15) is 11.6 Å². The Labute approximate surface area is 183 Å². The number of nitrogens with zero attached hydrogens (tertiary/aromatic N) is 1. The van der Waals surface area contributed by atoms with Gasteiger partial charge in [-0.2, -0.15) is 0 Å². The fourth-order valence-electron chi connectivity index (χ4n) is 4.68. The molecular formula is C26H19N3O3. The van der Waals surface area contributed by atoms with Crippen molar-refractivity contribution in [2.45, 2.75) is 5.92 Å². The summed E-state index contributed by atoms with van der Waals surface area (Å²) < 4.78 is 6.83. The van der Waals surface area contributed by atoms with E-state index in [4.69, 9.17) is 4.74 Å². The van der Waals surface area contributed by atoms with Crippen LogP contribution in [-0.4, -0.2) is 22.7 Å². The van der Waals surface area contributed by atoms with Gasteiger partial charge in [0.25, 0.3) is 5.56 Å². The number of aromatic amines is 1. The summed E-state index contributed by atoms with van der Waals surface area (Å²) in [5.74, 6) is 0.763. The number of allylic oxidation sites excluding steroid dienone is 1. The molecule has 0 radical (unpaired) electrons. The number of ketones is 1. The largest absolute Gasteiger partial charge is 0.497 e. The van der Waals surface area contributed by atoms with Gasteiger partial charge in [-0.3, -0.25) is 14.7 Å². The highest BCUT2D eigenvalue weighted by molar-refractivity contribution is 6.23. The molecule has 0 saturated heterocycles. The lowest BCUT2D eigenvalue weighted by molar-refractivity contribution is 0.103. The number of hydrogen-bond donors (Lipinski definition) is 2. The van der Waals surface area contributed by atoms with E-state index in [0.717, 1.165) is 22.5 Å². The van der Waals surface area contributed by atoms with E-state index in [1.54, 1.807) is 7.11 Å².